The van der Waals surface area contributed by atoms with E-state index < -0.39 is 21.4 Å². The first-order valence-electron chi connectivity index (χ1n) is 6.96. The molecule has 2 rings (SSSR count). The molecule has 0 aromatic heterocycles. The molecule has 1 atom stereocenters. The van der Waals surface area contributed by atoms with Gasteiger partial charge in [-0.2, -0.15) is 5.26 Å². The van der Waals surface area contributed by atoms with Crippen molar-refractivity contribution in [3.63, 3.8) is 0 Å². The van der Waals surface area contributed by atoms with Crippen LogP contribution >= 0.6 is 0 Å². The SMILES string of the molecule is CC1(C)CCCC(NS(=O)(=O)c2cccc(F)c2C#N)C1. The number of hydrogen-bond donors (Lipinski definition) is 1. The zero-order chi connectivity index (χ0) is 15.7. The van der Waals surface area contributed by atoms with Crippen LogP contribution in [-0.2, 0) is 10.0 Å². The van der Waals surface area contributed by atoms with Gasteiger partial charge in [-0.05, 0) is 36.8 Å². The monoisotopic (exact) mass is 310 g/mol. The maximum atomic E-state index is 13.6. The van der Waals surface area contributed by atoms with Gasteiger partial charge in [0.2, 0.25) is 10.0 Å². The highest BCUT2D eigenvalue weighted by Crippen LogP contribution is 2.35. The quantitative estimate of drug-likeness (QED) is 0.933. The smallest absolute Gasteiger partial charge is 0.208 e. The van der Waals surface area contributed by atoms with Crippen LogP contribution in [0.2, 0.25) is 0 Å². The second-order valence-corrected chi connectivity index (χ2v) is 7.99. The molecule has 0 saturated heterocycles. The molecule has 1 aromatic carbocycles. The van der Waals surface area contributed by atoms with Crippen molar-refractivity contribution in [2.75, 3.05) is 0 Å². The van der Waals surface area contributed by atoms with Gasteiger partial charge in [-0.25, -0.2) is 17.5 Å². The highest BCUT2D eigenvalue weighted by molar-refractivity contribution is 7.89. The number of benzene rings is 1. The molecule has 1 fully saturated rings. The van der Waals surface area contributed by atoms with E-state index in [4.69, 9.17) is 5.26 Å². The number of nitrogens with one attached hydrogen (secondary N) is 1. The van der Waals surface area contributed by atoms with Crippen molar-refractivity contribution in [3.8, 4) is 6.07 Å². The molecular weight excluding hydrogens is 291 g/mol. The van der Waals surface area contributed by atoms with Crippen LogP contribution in [0.3, 0.4) is 0 Å². The summed E-state index contributed by atoms with van der Waals surface area (Å²) >= 11 is 0. The molecule has 4 nitrogen and oxygen atoms in total. The normalized spacial score (nSPS) is 21.7. The van der Waals surface area contributed by atoms with Gasteiger partial charge in [0.1, 0.15) is 22.3 Å². The molecule has 21 heavy (non-hydrogen) atoms. The molecule has 0 aliphatic heterocycles. The van der Waals surface area contributed by atoms with Crippen LogP contribution in [0.4, 0.5) is 4.39 Å². The molecule has 1 N–H and O–H groups in total. The van der Waals surface area contributed by atoms with Gasteiger partial charge >= 0.3 is 0 Å². The minimum absolute atomic E-state index is 0.0887. The van der Waals surface area contributed by atoms with Gasteiger partial charge in [0.15, 0.2) is 0 Å². The Morgan fingerprint density at radius 2 is 2.14 bits per heavy atom. The van der Waals surface area contributed by atoms with Crippen LogP contribution < -0.4 is 4.72 Å². The van der Waals surface area contributed by atoms with Crippen LogP contribution in [-0.4, -0.2) is 14.5 Å². The molecule has 0 radical (unpaired) electrons. The number of nitriles is 1. The second-order valence-electron chi connectivity index (χ2n) is 6.30. The van der Waals surface area contributed by atoms with Crippen molar-refractivity contribution in [2.45, 2.75) is 50.5 Å². The van der Waals surface area contributed by atoms with Crippen molar-refractivity contribution >= 4 is 10.0 Å². The Hall–Kier alpha value is -1.45. The summed E-state index contributed by atoms with van der Waals surface area (Å²) < 4.78 is 41.0. The predicted molar refractivity (Wildman–Crippen MR) is 77.5 cm³/mol. The lowest BCUT2D eigenvalue weighted by atomic mass is 9.75. The van der Waals surface area contributed by atoms with Gasteiger partial charge in [-0.15, -0.1) is 0 Å². The third-order valence-corrected chi connectivity index (χ3v) is 5.47. The number of halogens is 1. The zero-order valence-electron chi connectivity index (χ0n) is 12.2. The summed E-state index contributed by atoms with van der Waals surface area (Å²) in [4.78, 5) is -0.284. The van der Waals surface area contributed by atoms with E-state index in [-0.39, 0.29) is 16.4 Å². The van der Waals surface area contributed by atoms with Gasteiger partial charge < -0.3 is 0 Å². The molecular formula is C15H19FN2O2S. The largest absolute Gasteiger partial charge is 0.242 e. The van der Waals surface area contributed by atoms with E-state index in [0.717, 1.165) is 31.7 Å². The number of nitrogens with zero attached hydrogens (tertiary/aromatic N) is 1. The molecule has 6 heteroatoms. The van der Waals surface area contributed by atoms with Crippen molar-refractivity contribution in [3.05, 3.63) is 29.6 Å². The summed E-state index contributed by atoms with van der Waals surface area (Å²) in [5.74, 6) is -0.815. The van der Waals surface area contributed by atoms with E-state index in [1.54, 1.807) is 6.07 Å². The Morgan fingerprint density at radius 3 is 2.76 bits per heavy atom. The Kier molecular flexibility index (Phi) is 4.35. The van der Waals surface area contributed by atoms with Crippen LogP contribution in [0.25, 0.3) is 0 Å². The van der Waals surface area contributed by atoms with E-state index in [0.29, 0.717) is 0 Å². The average Bonchev–Trinajstić information content (AvgIpc) is 2.36. The summed E-state index contributed by atoms with van der Waals surface area (Å²) in [5.41, 5.74) is -0.342. The first-order valence-corrected chi connectivity index (χ1v) is 8.44. The Labute approximate surface area is 125 Å². The summed E-state index contributed by atoms with van der Waals surface area (Å²) in [6.07, 6.45) is 3.52. The van der Waals surface area contributed by atoms with Gasteiger partial charge in [-0.3, -0.25) is 0 Å². The summed E-state index contributed by atoms with van der Waals surface area (Å²) in [6.45, 7) is 4.21. The third kappa shape index (κ3) is 3.60. The lowest BCUT2D eigenvalue weighted by Gasteiger charge is -2.35. The summed E-state index contributed by atoms with van der Waals surface area (Å²) in [5, 5.41) is 8.97. The third-order valence-electron chi connectivity index (χ3n) is 3.90. The van der Waals surface area contributed by atoms with Crippen LogP contribution in [0.5, 0.6) is 0 Å². The van der Waals surface area contributed by atoms with Crippen molar-refractivity contribution in [1.82, 2.24) is 4.72 Å². The van der Waals surface area contributed by atoms with Crippen molar-refractivity contribution in [2.24, 2.45) is 5.41 Å². The van der Waals surface area contributed by atoms with Gasteiger partial charge in [0, 0.05) is 6.04 Å². The second kappa shape index (κ2) is 5.74. The highest BCUT2D eigenvalue weighted by atomic mass is 32.2. The Bertz CT molecular complexity index is 677. The first kappa shape index (κ1) is 15.9. The van der Waals surface area contributed by atoms with E-state index in [9.17, 15) is 12.8 Å². The minimum atomic E-state index is -3.89. The fourth-order valence-corrected chi connectivity index (χ4v) is 4.36. The molecule has 1 unspecified atom stereocenters. The fourth-order valence-electron chi connectivity index (χ4n) is 2.92. The first-order chi connectivity index (χ1) is 9.75. The van der Waals surface area contributed by atoms with Gasteiger partial charge in [0.05, 0.1) is 0 Å². The molecule has 0 spiro atoms. The molecule has 114 valence electrons. The molecule has 1 aliphatic carbocycles. The molecule has 0 heterocycles. The predicted octanol–water partition coefficient (Wildman–Crippen LogP) is 2.94. The number of sulfonamides is 1. The molecule has 1 saturated carbocycles. The fraction of sp³-hybridized carbons (Fsp3) is 0.533. The van der Waals surface area contributed by atoms with Gasteiger partial charge in [-0.1, -0.05) is 26.3 Å². The maximum absolute atomic E-state index is 13.6. The topological polar surface area (TPSA) is 70.0 Å². The van der Waals surface area contributed by atoms with Crippen molar-refractivity contribution in [1.29, 1.82) is 5.26 Å². The maximum Gasteiger partial charge on any atom is 0.242 e. The average molecular weight is 310 g/mol. The number of rotatable bonds is 3. The summed E-state index contributed by atoms with van der Waals surface area (Å²) in [6, 6.07) is 5.10. The Morgan fingerprint density at radius 1 is 1.43 bits per heavy atom. The van der Waals surface area contributed by atoms with Crippen molar-refractivity contribution < 1.29 is 12.8 Å². The summed E-state index contributed by atoms with van der Waals surface area (Å²) in [7, 11) is -3.89. The lowest BCUT2D eigenvalue weighted by molar-refractivity contribution is 0.212. The molecule has 1 aromatic rings. The Balaban J connectivity index is 2.28. The molecule has 0 bridgehead atoms. The van der Waals surface area contributed by atoms with Crippen LogP contribution in [0, 0.1) is 22.6 Å². The zero-order valence-corrected chi connectivity index (χ0v) is 13.0. The number of hydrogen-bond acceptors (Lipinski definition) is 3. The minimum Gasteiger partial charge on any atom is -0.208 e. The lowest BCUT2D eigenvalue weighted by Crippen LogP contribution is -2.40. The van der Waals surface area contributed by atoms with E-state index in [2.05, 4.69) is 18.6 Å². The van der Waals surface area contributed by atoms with Gasteiger partial charge in [0.25, 0.3) is 0 Å². The van der Waals surface area contributed by atoms with E-state index in [1.165, 1.54) is 12.1 Å². The van der Waals surface area contributed by atoms with E-state index >= 15 is 0 Å². The van der Waals surface area contributed by atoms with Crippen LogP contribution in [0.1, 0.15) is 45.1 Å². The van der Waals surface area contributed by atoms with Crippen LogP contribution in [0.15, 0.2) is 23.1 Å². The standard InChI is InChI=1S/C15H19FN2O2S/c1-15(2)8-4-5-11(9-15)18-21(19,20)14-7-3-6-13(16)12(14)10-17/h3,6-7,11,18H,4-5,8-9H2,1-2H3. The molecule has 1 aliphatic rings. The molecule has 0 amide bonds. The highest BCUT2D eigenvalue weighted by Gasteiger charge is 2.31. The van der Waals surface area contributed by atoms with E-state index in [1.807, 2.05) is 0 Å².